The average molecular weight is 462 g/mol. The molecule has 0 spiro atoms. The molecule has 6 nitrogen and oxygen atoms in total. The van der Waals surface area contributed by atoms with Crippen LogP contribution in [0.1, 0.15) is 21.5 Å². The van der Waals surface area contributed by atoms with Crippen molar-refractivity contribution in [1.29, 1.82) is 0 Å². The van der Waals surface area contributed by atoms with Crippen molar-refractivity contribution in [2.45, 2.75) is 11.8 Å². The number of hydrogen-bond donors (Lipinski definition) is 2. The maximum absolute atomic E-state index is 12.4. The third-order valence-corrected chi connectivity index (χ3v) is 6.15. The molecule has 0 saturated carbocycles. The topological polar surface area (TPSA) is 87.6 Å². The largest absolute Gasteiger partial charge is 0.280 e. The van der Waals surface area contributed by atoms with E-state index >= 15 is 0 Å². The first-order valence-corrected chi connectivity index (χ1v) is 11.0. The Hall–Kier alpha value is -2.87. The first-order chi connectivity index (χ1) is 14.3. The van der Waals surface area contributed by atoms with E-state index in [2.05, 4.69) is 15.2 Å². The van der Waals surface area contributed by atoms with E-state index in [0.29, 0.717) is 26.9 Å². The monoisotopic (exact) mass is 461 g/mol. The van der Waals surface area contributed by atoms with E-state index in [0.717, 1.165) is 5.56 Å². The minimum atomic E-state index is -3.72. The number of anilines is 1. The molecule has 3 aromatic rings. The number of hydrogen-bond acceptors (Lipinski definition) is 4. The SMILES string of the molecule is Cc1ccc(S(=O)(=O)Nc2ccc(C(=O)N/N=C/c3c(Cl)cccc3Cl)cc2)cc1. The highest BCUT2D eigenvalue weighted by molar-refractivity contribution is 7.92. The molecule has 30 heavy (non-hydrogen) atoms. The molecule has 0 radical (unpaired) electrons. The molecule has 0 fully saturated rings. The first kappa shape index (κ1) is 21.8. The third kappa shape index (κ3) is 5.38. The Balaban J connectivity index is 1.65. The number of sulfonamides is 1. The molecule has 0 heterocycles. The number of carbonyl (C=O) groups excluding carboxylic acids is 1. The van der Waals surface area contributed by atoms with Gasteiger partial charge in [-0.3, -0.25) is 9.52 Å². The van der Waals surface area contributed by atoms with Crippen LogP contribution in [-0.2, 0) is 10.0 Å². The van der Waals surface area contributed by atoms with Gasteiger partial charge in [-0.05, 0) is 55.5 Å². The smallest absolute Gasteiger partial charge is 0.271 e. The number of nitrogens with zero attached hydrogens (tertiary/aromatic N) is 1. The van der Waals surface area contributed by atoms with Crippen LogP contribution in [-0.4, -0.2) is 20.5 Å². The molecular formula is C21H17Cl2N3O3S. The Kier molecular flexibility index (Phi) is 6.77. The summed E-state index contributed by atoms with van der Waals surface area (Å²) in [5.74, 6) is -0.470. The lowest BCUT2D eigenvalue weighted by atomic mass is 10.2. The third-order valence-electron chi connectivity index (χ3n) is 4.09. The Bertz CT molecular complexity index is 1170. The second kappa shape index (κ2) is 9.30. The molecule has 3 aromatic carbocycles. The molecule has 0 saturated heterocycles. The predicted octanol–water partition coefficient (Wildman–Crippen LogP) is 4.87. The Morgan fingerprint density at radius 1 is 0.933 bits per heavy atom. The van der Waals surface area contributed by atoms with E-state index in [1.165, 1.54) is 42.6 Å². The van der Waals surface area contributed by atoms with Crippen molar-refractivity contribution in [2.75, 3.05) is 4.72 Å². The summed E-state index contributed by atoms with van der Waals surface area (Å²) in [5.41, 5.74) is 4.46. The van der Waals surface area contributed by atoms with E-state index in [4.69, 9.17) is 23.2 Å². The highest BCUT2D eigenvalue weighted by atomic mass is 35.5. The molecule has 0 unspecified atom stereocenters. The van der Waals surface area contributed by atoms with Gasteiger partial charge in [-0.25, -0.2) is 13.8 Å². The molecule has 0 aliphatic carbocycles. The normalized spacial score (nSPS) is 11.4. The number of rotatable bonds is 6. The van der Waals surface area contributed by atoms with Gasteiger partial charge in [0.05, 0.1) is 21.2 Å². The van der Waals surface area contributed by atoms with Crippen molar-refractivity contribution in [1.82, 2.24) is 5.43 Å². The highest BCUT2D eigenvalue weighted by Crippen LogP contribution is 2.22. The fourth-order valence-corrected chi connectivity index (χ4v) is 4.03. The van der Waals surface area contributed by atoms with Gasteiger partial charge >= 0.3 is 0 Å². The van der Waals surface area contributed by atoms with Gasteiger partial charge in [0, 0.05) is 16.8 Å². The van der Waals surface area contributed by atoms with Crippen molar-refractivity contribution >= 4 is 51.0 Å². The fourth-order valence-electron chi connectivity index (χ4n) is 2.48. The lowest BCUT2D eigenvalue weighted by Gasteiger charge is -2.09. The summed E-state index contributed by atoms with van der Waals surface area (Å²) >= 11 is 12.1. The van der Waals surface area contributed by atoms with Crippen LogP contribution in [0, 0.1) is 6.92 Å². The molecular weight excluding hydrogens is 445 g/mol. The van der Waals surface area contributed by atoms with Crippen molar-refractivity contribution in [3.05, 3.63) is 93.5 Å². The van der Waals surface area contributed by atoms with Gasteiger partial charge in [0.1, 0.15) is 0 Å². The summed E-state index contributed by atoms with van der Waals surface area (Å²) < 4.78 is 27.3. The molecule has 9 heteroatoms. The zero-order chi connectivity index (χ0) is 21.7. The molecule has 2 N–H and O–H groups in total. The summed E-state index contributed by atoms with van der Waals surface area (Å²) in [6.07, 6.45) is 1.35. The van der Waals surface area contributed by atoms with Gasteiger partial charge in [0.15, 0.2) is 0 Å². The number of benzene rings is 3. The van der Waals surface area contributed by atoms with Crippen LogP contribution >= 0.6 is 23.2 Å². The summed E-state index contributed by atoms with van der Waals surface area (Å²) in [6, 6.07) is 17.5. The van der Waals surface area contributed by atoms with Crippen molar-refractivity contribution in [3.63, 3.8) is 0 Å². The number of nitrogens with one attached hydrogen (secondary N) is 2. The molecule has 0 bridgehead atoms. The van der Waals surface area contributed by atoms with Crippen LogP contribution in [0.15, 0.2) is 76.7 Å². The highest BCUT2D eigenvalue weighted by Gasteiger charge is 2.14. The molecule has 0 aliphatic heterocycles. The van der Waals surface area contributed by atoms with Crippen LogP contribution in [0.4, 0.5) is 5.69 Å². The van der Waals surface area contributed by atoms with Crippen LogP contribution in [0.5, 0.6) is 0 Å². The summed E-state index contributed by atoms with van der Waals surface area (Å²) in [6.45, 7) is 1.88. The molecule has 0 aromatic heterocycles. The minimum absolute atomic E-state index is 0.155. The Labute approximate surface area is 184 Å². The molecule has 0 atom stereocenters. The lowest BCUT2D eigenvalue weighted by Crippen LogP contribution is -2.18. The predicted molar refractivity (Wildman–Crippen MR) is 120 cm³/mol. The number of amides is 1. The number of aryl methyl sites for hydroxylation is 1. The zero-order valence-electron chi connectivity index (χ0n) is 15.8. The van der Waals surface area contributed by atoms with Gasteiger partial charge in [-0.15, -0.1) is 0 Å². The van der Waals surface area contributed by atoms with Gasteiger partial charge in [0.25, 0.3) is 15.9 Å². The van der Waals surface area contributed by atoms with E-state index in [-0.39, 0.29) is 4.90 Å². The maximum atomic E-state index is 12.4. The van der Waals surface area contributed by atoms with E-state index in [9.17, 15) is 13.2 Å². The minimum Gasteiger partial charge on any atom is -0.280 e. The van der Waals surface area contributed by atoms with Crippen LogP contribution in [0.3, 0.4) is 0 Å². The van der Waals surface area contributed by atoms with Crippen molar-refractivity contribution < 1.29 is 13.2 Å². The van der Waals surface area contributed by atoms with E-state index < -0.39 is 15.9 Å². The van der Waals surface area contributed by atoms with Gasteiger partial charge in [-0.2, -0.15) is 5.10 Å². The Morgan fingerprint density at radius 2 is 1.53 bits per heavy atom. The maximum Gasteiger partial charge on any atom is 0.271 e. The number of hydrazone groups is 1. The molecule has 0 aliphatic rings. The second-order valence-corrected chi connectivity index (χ2v) is 8.83. The summed E-state index contributed by atoms with van der Waals surface area (Å²) in [7, 11) is -3.72. The zero-order valence-corrected chi connectivity index (χ0v) is 18.1. The van der Waals surface area contributed by atoms with Gasteiger partial charge < -0.3 is 0 Å². The van der Waals surface area contributed by atoms with Crippen LogP contribution < -0.4 is 10.1 Å². The van der Waals surface area contributed by atoms with Crippen molar-refractivity contribution in [3.8, 4) is 0 Å². The van der Waals surface area contributed by atoms with Crippen LogP contribution in [0.25, 0.3) is 0 Å². The van der Waals surface area contributed by atoms with Gasteiger partial charge in [0.2, 0.25) is 0 Å². The number of carbonyl (C=O) groups is 1. The van der Waals surface area contributed by atoms with Gasteiger partial charge in [-0.1, -0.05) is 47.0 Å². The van der Waals surface area contributed by atoms with Crippen LogP contribution in [0.2, 0.25) is 10.0 Å². The standard InChI is InChI=1S/C21H17Cl2N3O3S/c1-14-5-11-17(12-6-14)30(28,29)26-16-9-7-15(8-10-16)21(27)25-24-13-18-19(22)3-2-4-20(18)23/h2-13,26H,1H3,(H,25,27)/b24-13+. The molecule has 1 amide bonds. The summed E-state index contributed by atoms with van der Waals surface area (Å²) in [5, 5.41) is 4.68. The lowest BCUT2D eigenvalue weighted by molar-refractivity contribution is 0.0955. The van der Waals surface area contributed by atoms with Crippen molar-refractivity contribution in [2.24, 2.45) is 5.10 Å². The fraction of sp³-hybridized carbons (Fsp3) is 0.0476. The number of halogens is 2. The second-order valence-electron chi connectivity index (χ2n) is 6.33. The first-order valence-electron chi connectivity index (χ1n) is 8.73. The molecule has 3 rings (SSSR count). The van der Waals surface area contributed by atoms with E-state index in [1.807, 2.05) is 6.92 Å². The quantitative estimate of drug-likeness (QED) is 0.405. The average Bonchev–Trinajstić information content (AvgIpc) is 2.70. The molecule has 154 valence electrons. The Morgan fingerprint density at radius 3 is 2.13 bits per heavy atom. The van der Waals surface area contributed by atoms with E-state index in [1.54, 1.807) is 30.3 Å². The summed E-state index contributed by atoms with van der Waals surface area (Å²) in [4.78, 5) is 12.4.